The molecule has 2 N–H and O–H groups in total. The fourth-order valence-electron chi connectivity index (χ4n) is 1.69. The van der Waals surface area contributed by atoms with Crippen molar-refractivity contribution >= 4 is 12.0 Å². The van der Waals surface area contributed by atoms with Crippen LogP contribution in [0.3, 0.4) is 0 Å². The Balaban J connectivity index is 2.10. The summed E-state index contributed by atoms with van der Waals surface area (Å²) in [5.41, 5.74) is 2.90. The van der Waals surface area contributed by atoms with E-state index in [1.54, 1.807) is 6.21 Å². The summed E-state index contributed by atoms with van der Waals surface area (Å²) in [5.74, 6) is 1.61. The number of H-pyrrole nitrogens is 1. The maximum absolute atomic E-state index is 11.0. The molecule has 8 nitrogen and oxygen atoms in total. The number of nitrogens with one attached hydrogen (secondary N) is 2. The van der Waals surface area contributed by atoms with Gasteiger partial charge in [0.25, 0.3) is 0 Å². The maximum Gasteiger partial charge on any atom is 0.363 e. The standard InChI is InChI=1S/C14H17N5O3/c1-3-21-11-6-5-10(7-12(11)22-4-2)8-15-18-13-9-16-19-14(20)17-13/h5-9H,3-4H2,1-2H3,(H2,17,18,19,20)/b15-8+. The smallest absolute Gasteiger partial charge is 0.363 e. The van der Waals surface area contributed by atoms with E-state index in [9.17, 15) is 4.79 Å². The Morgan fingerprint density at radius 3 is 2.77 bits per heavy atom. The fraction of sp³-hybridized carbons (Fsp3) is 0.286. The number of hydrogen-bond donors (Lipinski definition) is 2. The molecule has 0 aliphatic heterocycles. The number of nitrogens with zero attached hydrogens (tertiary/aromatic N) is 3. The van der Waals surface area contributed by atoms with Crippen LogP contribution in [0.25, 0.3) is 0 Å². The van der Waals surface area contributed by atoms with Gasteiger partial charge in [-0.25, -0.2) is 9.89 Å². The van der Waals surface area contributed by atoms with E-state index in [0.29, 0.717) is 24.7 Å². The van der Waals surface area contributed by atoms with Crippen LogP contribution in [0.4, 0.5) is 5.82 Å². The Hall–Kier alpha value is -2.90. The highest BCUT2D eigenvalue weighted by Gasteiger charge is 2.05. The lowest BCUT2D eigenvalue weighted by Gasteiger charge is -2.11. The van der Waals surface area contributed by atoms with Gasteiger partial charge in [-0.1, -0.05) is 0 Å². The van der Waals surface area contributed by atoms with Gasteiger partial charge in [0.1, 0.15) is 0 Å². The summed E-state index contributed by atoms with van der Waals surface area (Å²) >= 11 is 0. The normalized spacial score (nSPS) is 10.6. The number of aromatic amines is 1. The van der Waals surface area contributed by atoms with Crippen molar-refractivity contribution in [3.8, 4) is 11.5 Å². The first-order chi connectivity index (χ1) is 10.7. The van der Waals surface area contributed by atoms with Crippen LogP contribution in [0.2, 0.25) is 0 Å². The Morgan fingerprint density at radius 2 is 2.05 bits per heavy atom. The van der Waals surface area contributed by atoms with Gasteiger partial charge in [-0.3, -0.25) is 5.43 Å². The average molecular weight is 303 g/mol. The molecule has 0 radical (unpaired) electrons. The molecule has 0 saturated carbocycles. The van der Waals surface area contributed by atoms with Crippen molar-refractivity contribution in [1.82, 2.24) is 15.2 Å². The molecular weight excluding hydrogens is 286 g/mol. The first-order valence-corrected chi connectivity index (χ1v) is 6.83. The first kappa shape index (κ1) is 15.5. The van der Waals surface area contributed by atoms with Gasteiger partial charge >= 0.3 is 5.69 Å². The molecule has 1 heterocycles. The van der Waals surface area contributed by atoms with Crippen LogP contribution in [0, 0.1) is 0 Å². The lowest BCUT2D eigenvalue weighted by Crippen LogP contribution is -2.13. The van der Waals surface area contributed by atoms with Crippen molar-refractivity contribution in [2.24, 2.45) is 5.10 Å². The van der Waals surface area contributed by atoms with E-state index in [0.717, 1.165) is 5.56 Å². The third-order valence-corrected chi connectivity index (χ3v) is 2.53. The summed E-state index contributed by atoms with van der Waals surface area (Å²) in [7, 11) is 0. The quantitative estimate of drug-likeness (QED) is 0.592. The molecule has 0 aliphatic carbocycles. The summed E-state index contributed by atoms with van der Waals surface area (Å²) in [6.07, 6.45) is 2.95. The Bertz CT molecular complexity index is 699. The predicted octanol–water partition coefficient (Wildman–Crippen LogP) is 1.41. The van der Waals surface area contributed by atoms with Gasteiger partial charge in [0.05, 0.1) is 25.6 Å². The first-order valence-electron chi connectivity index (χ1n) is 6.83. The van der Waals surface area contributed by atoms with Crippen LogP contribution >= 0.6 is 0 Å². The van der Waals surface area contributed by atoms with Crippen LogP contribution in [0.5, 0.6) is 11.5 Å². The zero-order valence-electron chi connectivity index (χ0n) is 12.4. The van der Waals surface area contributed by atoms with Crippen LogP contribution < -0.4 is 20.6 Å². The fourth-order valence-corrected chi connectivity index (χ4v) is 1.69. The SMILES string of the molecule is CCOc1ccc(/C=N/Nc2cn[nH]c(=O)n2)cc1OCC. The molecular formula is C14H17N5O3. The van der Waals surface area contributed by atoms with Gasteiger partial charge in [-0.15, -0.1) is 0 Å². The maximum atomic E-state index is 11.0. The van der Waals surface area contributed by atoms with Gasteiger partial charge in [0.15, 0.2) is 17.3 Å². The predicted molar refractivity (Wildman–Crippen MR) is 82.6 cm³/mol. The number of ether oxygens (including phenoxy) is 2. The molecule has 1 aromatic carbocycles. The monoisotopic (exact) mass is 303 g/mol. The second-order valence-electron chi connectivity index (χ2n) is 4.11. The van der Waals surface area contributed by atoms with Gasteiger partial charge in [-0.2, -0.15) is 15.2 Å². The molecule has 2 aromatic rings. The Labute approximate surface area is 127 Å². The van der Waals surface area contributed by atoms with Crippen molar-refractivity contribution in [3.05, 3.63) is 40.4 Å². The largest absolute Gasteiger partial charge is 0.490 e. The molecule has 0 bridgehead atoms. The van der Waals surface area contributed by atoms with E-state index in [2.05, 4.69) is 25.7 Å². The lowest BCUT2D eigenvalue weighted by molar-refractivity contribution is 0.288. The molecule has 8 heteroatoms. The second-order valence-corrected chi connectivity index (χ2v) is 4.11. The third-order valence-electron chi connectivity index (χ3n) is 2.53. The summed E-state index contributed by atoms with van der Waals surface area (Å²) in [6.45, 7) is 4.93. The van der Waals surface area contributed by atoms with Gasteiger partial charge in [0.2, 0.25) is 0 Å². The zero-order chi connectivity index (χ0) is 15.8. The summed E-state index contributed by atoms with van der Waals surface area (Å²) < 4.78 is 11.0. The minimum absolute atomic E-state index is 0.260. The molecule has 0 saturated heterocycles. The number of anilines is 1. The molecule has 0 unspecified atom stereocenters. The summed E-state index contributed by atoms with van der Waals surface area (Å²) in [4.78, 5) is 14.6. The number of rotatable bonds is 7. The van der Waals surface area contributed by atoms with Crippen LogP contribution in [-0.4, -0.2) is 34.6 Å². The molecule has 0 aliphatic rings. The molecule has 22 heavy (non-hydrogen) atoms. The Kier molecular flexibility index (Phi) is 5.47. The molecule has 0 amide bonds. The van der Waals surface area contributed by atoms with Crippen LogP contribution in [0.1, 0.15) is 19.4 Å². The highest BCUT2D eigenvalue weighted by molar-refractivity contribution is 5.81. The summed E-state index contributed by atoms with van der Waals surface area (Å²) in [5, 5.41) is 9.79. The molecule has 0 atom stereocenters. The molecule has 2 rings (SSSR count). The number of aromatic nitrogens is 3. The number of hydrazone groups is 1. The van der Waals surface area contributed by atoms with E-state index in [1.165, 1.54) is 6.20 Å². The van der Waals surface area contributed by atoms with Crippen molar-refractivity contribution in [1.29, 1.82) is 0 Å². The molecule has 0 fully saturated rings. The average Bonchev–Trinajstić information content (AvgIpc) is 2.50. The van der Waals surface area contributed by atoms with E-state index in [-0.39, 0.29) is 5.82 Å². The van der Waals surface area contributed by atoms with Crippen molar-refractivity contribution < 1.29 is 9.47 Å². The Morgan fingerprint density at radius 1 is 1.27 bits per heavy atom. The lowest BCUT2D eigenvalue weighted by atomic mass is 10.2. The minimum Gasteiger partial charge on any atom is -0.490 e. The number of benzene rings is 1. The van der Waals surface area contributed by atoms with E-state index in [1.807, 2.05) is 32.0 Å². The van der Waals surface area contributed by atoms with Crippen molar-refractivity contribution in [3.63, 3.8) is 0 Å². The van der Waals surface area contributed by atoms with E-state index < -0.39 is 5.69 Å². The van der Waals surface area contributed by atoms with Gasteiger partial charge in [-0.05, 0) is 37.6 Å². The van der Waals surface area contributed by atoms with E-state index in [4.69, 9.17) is 9.47 Å². The molecule has 1 aromatic heterocycles. The molecule has 0 spiro atoms. The van der Waals surface area contributed by atoms with Crippen molar-refractivity contribution in [2.45, 2.75) is 13.8 Å². The highest BCUT2D eigenvalue weighted by atomic mass is 16.5. The van der Waals surface area contributed by atoms with Crippen molar-refractivity contribution in [2.75, 3.05) is 18.6 Å². The topological polar surface area (TPSA) is 101 Å². The minimum atomic E-state index is -0.542. The van der Waals surface area contributed by atoms with E-state index >= 15 is 0 Å². The van der Waals surface area contributed by atoms with Crippen LogP contribution in [-0.2, 0) is 0 Å². The highest BCUT2D eigenvalue weighted by Crippen LogP contribution is 2.27. The third kappa shape index (κ3) is 4.30. The van der Waals surface area contributed by atoms with Crippen LogP contribution in [0.15, 0.2) is 34.3 Å². The zero-order valence-corrected chi connectivity index (χ0v) is 12.4. The van der Waals surface area contributed by atoms with Gasteiger partial charge < -0.3 is 9.47 Å². The second kappa shape index (κ2) is 7.77. The number of hydrogen-bond acceptors (Lipinski definition) is 7. The van der Waals surface area contributed by atoms with Gasteiger partial charge in [0, 0.05) is 0 Å². The molecule has 116 valence electrons. The summed E-state index contributed by atoms with van der Waals surface area (Å²) in [6, 6.07) is 5.49.